The van der Waals surface area contributed by atoms with Crippen LogP contribution in [-0.2, 0) is 4.79 Å². The van der Waals surface area contributed by atoms with Crippen LogP contribution in [0.1, 0.15) is 25.7 Å². The zero-order valence-corrected chi connectivity index (χ0v) is 9.09. The number of nitrogens with zero attached hydrogens (tertiary/aromatic N) is 1. The van der Waals surface area contributed by atoms with Crippen molar-refractivity contribution < 1.29 is 18.0 Å². The van der Waals surface area contributed by atoms with E-state index in [1.54, 1.807) is 0 Å². The molecule has 0 amide bonds. The number of halogens is 3. The highest BCUT2D eigenvalue weighted by Crippen LogP contribution is 2.21. The molecule has 0 aliphatic carbocycles. The Balaban J connectivity index is 2.23. The van der Waals surface area contributed by atoms with Crippen molar-refractivity contribution in [2.24, 2.45) is 5.73 Å². The molecule has 1 aliphatic heterocycles. The number of carbonyl (C=O) groups excluding carboxylic acids is 1. The number of Topliss-reactive ketones (excluding diaryl/α,β-unsaturated/α-hetero) is 1. The summed E-state index contributed by atoms with van der Waals surface area (Å²) in [5.74, 6) is -0.496. The van der Waals surface area contributed by atoms with E-state index in [1.807, 2.05) is 0 Å². The summed E-state index contributed by atoms with van der Waals surface area (Å²) in [4.78, 5) is 13.4. The SMILES string of the molecule is NC(CC(F)(F)F)C(=O)CCN1CCCC1. The quantitative estimate of drug-likeness (QED) is 0.785. The molecule has 1 fully saturated rings. The zero-order chi connectivity index (χ0) is 12.2. The lowest BCUT2D eigenvalue weighted by Crippen LogP contribution is -2.37. The van der Waals surface area contributed by atoms with Gasteiger partial charge in [-0.3, -0.25) is 4.79 Å². The van der Waals surface area contributed by atoms with Crippen LogP contribution >= 0.6 is 0 Å². The molecule has 0 spiro atoms. The fraction of sp³-hybridized carbons (Fsp3) is 0.900. The largest absolute Gasteiger partial charge is 0.391 e. The van der Waals surface area contributed by atoms with Gasteiger partial charge in [0.05, 0.1) is 12.5 Å². The van der Waals surface area contributed by atoms with Crippen molar-refractivity contribution in [3.8, 4) is 0 Å². The van der Waals surface area contributed by atoms with E-state index in [-0.39, 0.29) is 6.42 Å². The van der Waals surface area contributed by atoms with Gasteiger partial charge >= 0.3 is 6.18 Å². The minimum Gasteiger partial charge on any atom is -0.321 e. The van der Waals surface area contributed by atoms with E-state index >= 15 is 0 Å². The van der Waals surface area contributed by atoms with Crippen molar-refractivity contribution >= 4 is 5.78 Å². The van der Waals surface area contributed by atoms with Gasteiger partial charge in [-0.25, -0.2) is 0 Å². The van der Waals surface area contributed by atoms with Crippen LogP contribution in [-0.4, -0.2) is 42.5 Å². The molecule has 1 aliphatic rings. The summed E-state index contributed by atoms with van der Waals surface area (Å²) in [6.45, 7) is 2.40. The van der Waals surface area contributed by atoms with Crippen LogP contribution in [0.5, 0.6) is 0 Å². The maximum Gasteiger partial charge on any atom is 0.391 e. The highest BCUT2D eigenvalue weighted by Gasteiger charge is 2.33. The van der Waals surface area contributed by atoms with Crippen LogP contribution in [0.25, 0.3) is 0 Å². The van der Waals surface area contributed by atoms with E-state index in [1.165, 1.54) is 0 Å². The summed E-state index contributed by atoms with van der Waals surface area (Å²) in [6.07, 6.45) is -3.25. The maximum atomic E-state index is 12.0. The molecule has 1 saturated heterocycles. The van der Waals surface area contributed by atoms with Crippen molar-refractivity contribution in [1.82, 2.24) is 4.90 Å². The molecule has 1 atom stereocenters. The predicted molar refractivity (Wildman–Crippen MR) is 53.9 cm³/mol. The number of rotatable bonds is 5. The van der Waals surface area contributed by atoms with E-state index in [4.69, 9.17) is 5.73 Å². The van der Waals surface area contributed by atoms with Crippen LogP contribution in [0.4, 0.5) is 13.2 Å². The average molecular weight is 238 g/mol. The number of alkyl halides is 3. The van der Waals surface area contributed by atoms with Gasteiger partial charge in [0.15, 0.2) is 5.78 Å². The Morgan fingerprint density at radius 3 is 2.38 bits per heavy atom. The van der Waals surface area contributed by atoms with Crippen LogP contribution in [0.2, 0.25) is 0 Å². The van der Waals surface area contributed by atoms with Crippen molar-refractivity contribution in [3.05, 3.63) is 0 Å². The Morgan fingerprint density at radius 2 is 1.88 bits per heavy atom. The van der Waals surface area contributed by atoms with Gasteiger partial charge in [0.2, 0.25) is 0 Å². The molecule has 1 unspecified atom stereocenters. The van der Waals surface area contributed by atoms with E-state index in [0.29, 0.717) is 6.54 Å². The summed E-state index contributed by atoms with van der Waals surface area (Å²) in [6, 6.07) is -1.40. The van der Waals surface area contributed by atoms with E-state index < -0.39 is 24.4 Å². The van der Waals surface area contributed by atoms with Gasteiger partial charge in [-0.05, 0) is 25.9 Å². The van der Waals surface area contributed by atoms with Crippen molar-refractivity contribution in [2.45, 2.75) is 37.9 Å². The highest BCUT2D eigenvalue weighted by molar-refractivity contribution is 5.83. The first kappa shape index (κ1) is 13.4. The molecular formula is C10H17F3N2O. The monoisotopic (exact) mass is 238 g/mol. The van der Waals surface area contributed by atoms with Crippen molar-refractivity contribution in [2.75, 3.05) is 19.6 Å². The molecule has 0 aromatic heterocycles. The third-order valence-corrected chi connectivity index (χ3v) is 2.74. The standard InChI is InChI=1S/C10H17F3N2O/c11-10(12,13)7-8(14)9(16)3-6-15-4-1-2-5-15/h8H,1-7,14H2. The predicted octanol–water partition coefficient (Wildman–Crippen LogP) is 1.32. The molecule has 0 bridgehead atoms. The Kier molecular flexibility index (Phi) is 4.73. The number of nitrogens with two attached hydrogens (primary N) is 1. The number of hydrogen-bond donors (Lipinski definition) is 1. The summed E-state index contributed by atoms with van der Waals surface area (Å²) >= 11 is 0. The summed E-state index contributed by atoms with van der Waals surface area (Å²) in [5.41, 5.74) is 5.20. The smallest absolute Gasteiger partial charge is 0.321 e. The fourth-order valence-electron chi connectivity index (χ4n) is 1.82. The van der Waals surface area contributed by atoms with Gasteiger partial charge in [0.1, 0.15) is 0 Å². The van der Waals surface area contributed by atoms with E-state index in [0.717, 1.165) is 25.9 Å². The highest BCUT2D eigenvalue weighted by atomic mass is 19.4. The van der Waals surface area contributed by atoms with Gasteiger partial charge < -0.3 is 10.6 Å². The molecule has 0 aromatic rings. The molecule has 1 rings (SSSR count). The molecule has 0 saturated carbocycles. The molecule has 6 heteroatoms. The third-order valence-electron chi connectivity index (χ3n) is 2.74. The van der Waals surface area contributed by atoms with Crippen molar-refractivity contribution in [3.63, 3.8) is 0 Å². The van der Waals surface area contributed by atoms with Crippen LogP contribution in [0.3, 0.4) is 0 Å². The van der Waals surface area contributed by atoms with Crippen LogP contribution in [0.15, 0.2) is 0 Å². The normalized spacial score (nSPS) is 20.0. The summed E-state index contributed by atoms with van der Waals surface area (Å²) in [7, 11) is 0. The van der Waals surface area contributed by atoms with Gasteiger partial charge in [-0.15, -0.1) is 0 Å². The minimum atomic E-state index is -4.36. The second-order valence-electron chi connectivity index (χ2n) is 4.19. The Morgan fingerprint density at radius 1 is 1.31 bits per heavy atom. The lowest BCUT2D eigenvalue weighted by molar-refractivity contribution is -0.146. The molecular weight excluding hydrogens is 221 g/mol. The molecule has 3 nitrogen and oxygen atoms in total. The number of likely N-dealkylation sites (tertiary alicyclic amines) is 1. The summed E-state index contributed by atoms with van der Waals surface area (Å²) < 4.78 is 35.9. The second-order valence-corrected chi connectivity index (χ2v) is 4.19. The molecule has 16 heavy (non-hydrogen) atoms. The summed E-state index contributed by atoms with van der Waals surface area (Å²) in [5, 5.41) is 0. The number of hydrogen-bond acceptors (Lipinski definition) is 3. The van der Waals surface area contributed by atoms with E-state index in [9.17, 15) is 18.0 Å². The maximum absolute atomic E-state index is 12.0. The van der Waals surface area contributed by atoms with Crippen molar-refractivity contribution in [1.29, 1.82) is 0 Å². The molecule has 0 aromatic carbocycles. The topological polar surface area (TPSA) is 46.3 Å². The Hall–Kier alpha value is -0.620. The number of ketones is 1. The minimum absolute atomic E-state index is 0.122. The lowest BCUT2D eigenvalue weighted by atomic mass is 10.1. The molecule has 94 valence electrons. The van der Waals surface area contributed by atoms with Crippen LogP contribution in [0, 0.1) is 0 Å². The lowest BCUT2D eigenvalue weighted by Gasteiger charge is -2.16. The van der Waals surface area contributed by atoms with Gasteiger partial charge in [-0.2, -0.15) is 13.2 Å². The Bertz CT molecular complexity index is 237. The molecule has 0 radical (unpaired) electrons. The number of carbonyl (C=O) groups is 1. The first-order chi connectivity index (χ1) is 7.38. The zero-order valence-electron chi connectivity index (χ0n) is 9.09. The Labute approximate surface area is 92.8 Å². The second kappa shape index (κ2) is 5.63. The fourth-order valence-corrected chi connectivity index (χ4v) is 1.82. The first-order valence-corrected chi connectivity index (χ1v) is 5.46. The van der Waals surface area contributed by atoms with Crippen LogP contribution < -0.4 is 5.73 Å². The third kappa shape index (κ3) is 4.94. The first-order valence-electron chi connectivity index (χ1n) is 5.46. The van der Waals surface area contributed by atoms with E-state index in [2.05, 4.69) is 4.90 Å². The van der Waals surface area contributed by atoms with Gasteiger partial charge in [0.25, 0.3) is 0 Å². The average Bonchev–Trinajstić information content (AvgIpc) is 2.63. The molecule has 2 N–H and O–H groups in total. The molecule has 1 heterocycles. The van der Waals surface area contributed by atoms with Gasteiger partial charge in [-0.1, -0.05) is 0 Å². The van der Waals surface area contributed by atoms with Gasteiger partial charge in [0, 0.05) is 13.0 Å².